The topological polar surface area (TPSA) is 55.8 Å². The van der Waals surface area contributed by atoms with E-state index >= 15 is 0 Å². The highest BCUT2D eigenvalue weighted by Crippen LogP contribution is 2.30. The number of carbonyl (C=O) groups is 1. The van der Waals surface area contributed by atoms with E-state index < -0.39 is 6.10 Å². The van der Waals surface area contributed by atoms with Gasteiger partial charge in [0.25, 0.3) is 0 Å². The minimum absolute atomic E-state index is 0.110. The summed E-state index contributed by atoms with van der Waals surface area (Å²) in [4.78, 5) is 15.5. The summed E-state index contributed by atoms with van der Waals surface area (Å²) in [5.74, 6) is 0.291. The first-order chi connectivity index (χ1) is 10.5. The van der Waals surface area contributed by atoms with Gasteiger partial charge in [-0.05, 0) is 18.2 Å². The monoisotopic (exact) mass is 345 g/mol. The van der Waals surface area contributed by atoms with Crippen molar-refractivity contribution in [3.05, 3.63) is 23.2 Å². The maximum Gasteiger partial charge on any atom is 0.219 e. The molecule has 1 aromatic carbocycles. The van der Waals surface area contributed by atoms with Gasteiger partial charge in [-0.1, -0.05) is 11.6 Å². The van der Waals surface area contributed by atoms with Crippen molar-refractivity contribution in [3.8, 4) is 0 Å². The Labute approximate surface area is 140 Å². The van der Waals surface area contributed by atoms with Gasteiger partial charge in [-0.15, -0.1) is 11.6 Å². The second kappa shape index (κ2) is 7.90. The molecule has 1 unspecified atom stereocenters. The Bertz CT molecular complexity index is 520. The highest BCUT2D eigenvalue weighted by atomic mass is 35.5. The molecule has 2 rings (SSSR count). The molecular weight excluding hydrogens is 325 g/mol. The molecule has 122 valence electrons. The number of aliphatic hydroxyl groups is 1. The number of halogens is 2. The van der Waals surface area contributed by atoms with Crippen LogP contribution in [0.5, 0.6) is 0 Å². The average molecular weight is 346 g/mol. The highest BCUT2D eigenvalue weighted by Gasteiger charge is 2.20. The molecule has 1 atom stereocenters. The van der Waals surface area contributed by atoms with Crippen LogP contribution in [-0.4, -0.2) is 60.6 Å². The minimum Gasteiger partial charge on any atom is -0.390 e. The van der Waals surface area contributed by atoms with Gasteiger partial charge in [0.2, 0.25) is 5.91 Å². The quantitative estimate of drug-likeness (QED) is 0.801. The van der Waals surface area contributed by atoms with E-state index in [9.17, 15) is 9.90 Å². The first-order valence-corrected chi connectivity index (χ1v) is 8.20. The number of hydrogen-bond donors (Lipinski definition) is 2. The molecule has 22 heavy (non-hydrogen) atoms. The molecule has 7 heteroatoms. The molecule has 1 fully saturated rings. The van der Waals surface area contributed by atoms with Crippen molar-refractivity contribution < 1.29 is 9.90 Å². The van der Waals surface area contributed by atoms with Crippen LogP contribution in [0.1, 0.15) is 6.92 Å². The third-order valence-corrected chi connectivity index (χ3v) is 4.32. The van der Waals surface area contributed by atoms with Gasteiger partial charge >= 0.3 is 0 Å². The predicted octanol–water partition coefficient (Wildman–Crippen LogP) is 2.02. The molecule has 0 radical (unpaired) electrons. The zero-order valence-corrected chi connectivity index (χ0v) is 14.1. The maximum atomic E-state index is 11.4. The Morgan fingerprint density at radius 3 is 2.64 bits per heavy atom. The standard InChI is InChI=1S/C15H21Cl2N3O2/c1-11(21)19-4-6-20(7-5-19)15-3-2-12(17)8-14(15)18-10-13(22)9-16/h2-3,8,13,18,22H,4-7,9-10H2,1H3. The van der Waals surface area contributed by atoms with Crippen LogP contribution in [0.4, 0.5) is 11.4 Å². The Balaban J connectivity index is 2.08. The van der Waals surface area contributed by atoms with Crippen molar-refractivity contribution in [3.63, 3.8) is 0 Å². The summed E-state index contributed by atoms with van der Waals surface area (Å²) >= 11 is 11.7. The predicted molar refractivity (Wildman–Crippen MR) is 91.1 cm³/mol. The lowest BCUT2D eigenvalue weighted by Gasteiger charge is -2.36. The summed E-state index contributed by atoms with van der Waals surface area (Å²) in [5, 5.41) is 13.4. The van der Waals surface area contributed by atoms with Crippen molar-refractivity contribution in [2.24, 2.45) is 0 Å². The third-order valence-electron chi connectivity index (χ3n) is 3.73. The van der Waals surface area contributed by atoms with Crippen molar-refractivity contribution in [1.82, 2.24) is 4.90 Å². The molecule has 5 nitrogen and oxygen atoms in total. The number of hydrogen-bond acceptors (Lipinski definition) is 4. The van der Waals surface area contributed by atoms with E-state index in [0.717, 1.165) is 24.5 Å². The zero-order valence-electron chi connectivity index (χ0n) is 12.6. The van der Waals surface area contributed by atoms with Crippen LogP contribution in [0.15, 0.2) is 18.2 Å². The molecule has 1 aliphatic heterocycles. The van der Waals surface area contributed by atoms with E-state index in [0.29, 0.717) is 24.7 Å². The number of aliphatic hydroxyl groups excluding tert-OH is 1. The average Bonchev–Trinajstić information content (AvgIpc) is 2.52. The molecule has 1 aromatic rings. The lowest BCUT2D eigenvalue weighted by molar-refractivity contribution is -0.129. The number of piperazine rings is 1. The van der Waals surface area contributed by atoms with Gasteiger partial charge in [-0.2, -0.15) is 0 Å². The van der Waals surface area contributed by atoms with Gasteiger partial charge in [-0.25, -0.2) is 0 Å². The molecule has 0 bridgehead atoms. The van der Waals surface area contributed by atoms with Gasteiger partial charge < -0.3 is 20.2 Å². The van der Waals surface area contributed by atoms with Crippen LogP contribution in [-0.2, 0) is 4.79 Å². The van der Waals surface area contributed by atoms with Crippen molar-refractivity contribution in [1.29, 1.82) is 0 Å². The van der Waals surface area contributed by atoms with Gasteiger partial charge in [-0.3, -0.25) is 4.79 Å². The van der Waals surface area contributed by atoms with Crippen LogP contribution < -0.4 is 10.2 Å². The molecule has 1 amide bonds. The van der Waals surface area contributed by atoms with Crippen LogP contribution in [0.3, 0.4) is 0 Å². The summed E-state index contributed by atoms with van der Waals surface area (Å²) in [7, 11) is 0. The minimum atomic E-state index is -0.608. The van der Waals surface area contributed by atoms with E-state index in [-0.39, 0.29) is 11.8 Å². The molecule has 0 spiro atoms. The number of amides is 1. The van der Waals surface area contributed by atoms with Crippen molar-refractivity contribution in [2.75, 3.05) is 48.8 Å². The van der Waals surface area contributed by atoms with Crippen LogP contribution in [0.25, 0.3) is 0 Å². The largest absolute Gasteiger partial charge is 0.390 e. The summed E-state index contributed by atoms with van der Waals surface area (Å²) in [6.07, 6.45) is -0.608. The van der Waals surface area contributed by atoms with Gasteiger partial charge in [0.15, 0.2) is 0 Å². The fourth-order valence-corrected chi connectivity index (χ4v) is 2.75. The van der Waals surface area contributed by atoms with Crippen LogP contribution in [0, 0.1) is 0 Å². The maximum absolute atomic E-state index is 11.4. The number of nitrogens with zero attached hydrogens (tertiary/aromatic N) is 2. The summed E-state index contributed by atoms with van der Waals surface area (Å²) < 4.78 is 0. The second-order valence-electron chi connectivity index (χ2n) is 5.34. The van der Waals surface area contributed by atoms with Crippen molar-refractivity contribution in [2.45, 2.75) is 13.0 Å². The lowest BCUT2D eigenvalue weighted by Crippen LogP contribution is -2.48. The van der Waals surface area contributed by atoms with E-state index in [4.69, 9.17) is 23.2 Å². The Kier molecular flexibility index (Phi) is 6.17. The molecule has 2 N–H and O–H groups in total. The zero-order chi connectivity index (χ0) is 16.1. The number of anilines is 2. The number of carbonyl (C=O) groups excluding carboxylic acids is 1. The number of alkyl halides is 1. The SMILES string of the molecule is CC(=O)N1CCN(c2ccc(Cl)cc2NCC(O)CCl)CC1. The number of benzene rings is 1. The molecule has 0 aromatic heterocycles. The Morgan fingerprint density at radius 2 is 2.05 bits per heavy atom. The smallest absolute Gasteiger partial charge is 0.219 e. The van der Waals surface area contributed by atoms with Crippen molar-refractivity contribution >= 4 is 40.5 Å². The molecule has 0 aliphatic carbocycles. The van der Waals surface area contributed by atoms with E-state index in [1.807, 2.05) is 23.1 Å². The number of nitrogens with one attached hydrogen (secondary N) is 1. The Morgan fingerprint density at radius 1 is 1.36 bits per heavy atom. The lowest BCUT2D eigenvalue weighted by atomic mass is 10.2. The van der Waals surface area contributed by atoms with Gasteiger partial charge in [0.1, 0.15) is 0 Å². The van der Waals surface area contributed by atoms with E-state index in [1.54, 1.807) is 6.92 Å². The van der Waals surface area contributed by atoms with Crippen LogP contribution in [0.2, 0.25) is 5.02 Å². The number of rotatable bonds is 5. The van der Waals surface area contributed by atoms with E-state index in [2.05, 4.69) is 10.2 Å². The van der Waals surface area contributed by atoms with Crippen LogP contribution >= 0.6 is 23.2 Å². The van der Waals surface area contributed by atoms with Gasteiger partial charge in [0, 0.05) is 44.7 Å². The molecular formula is C15H21Cl2N3O2. The molecule has 0 saturated carbocycles. The summed E-state index contributed by atoms with van der Waals surface area (Å²) in [5.41, 5.74) is 1.89. The fraction of sp³-hybridized carbons (Fsp3) is 0.533. The molecule has 1 saturated heterocycles. The summed E-state index contributed by atoms with van der Waals surface area (Å²) in [6.45, 7) is 4.92. The van der Waals surface area contributed by atoms with Gasteiger partial charge in [0.05, 0.1) is 23.4 Å². The van der Waals surface area contributed by atoms with E-state index in [1.165, 1.54) is 0 Å². The first-order valence-electron chi connectivity index (χ1n) is 7.29. The molecule has 1 aliphatic rings. The highest BCUT2D eigenvalue weighted by molar-refractivity contribution is 6.31. The third kappa shape index (κ3) is 4.41. The first kappa shape index (κ1) is 17.2. The summed E-state index contributed by atoms with van der Waals surface area (Å²) in [6, 6.07) is 5.65. The fourth-order valence-electron chi connectivity index (χ4n) is 2.47. The Hall–Kier alpha value is -1.17. The second-order valence-corrected chi connectivity index (χ2v) is 6.09. The molecule has 1 heterocycles. The normalized spacial score (nSPS) is 16.5.